The summed E-state index contributed by atoms with van der Waals surface area (Å²) >= 11 is 0. The van der Waals surface area contributed by atoms with Gasteiger partial charge in [-0.15, -0.1) is 0 Å². The maximum atomic E-state index is 13.0. The summed E-state index contributed by atoms with van der Waals surface area (Å²) in [6.07, 6.45) is 4.87. The number of carbonyl (C=O) groups excluding carboxylic acids is 1. The SMILES string of the molecule is CN(C(=O)n1cnc(-c2ccc(F)cc2)c1)C1CCOCC1. The largest absolute Gasteiger partial charge is 0.381 e. The smallest absolute Gasteiger partial charge is 0.329 e. The van der Waals surface area contributed by atoms with Crippen LogP contribution in [0.25, 0.3) is 11.3 Å². The highest BCUT2D eigenvalue weighted by atomic mass is 19.1. The Balaban J connectivity index is 1.75. The van der Waals surface area contributed by atoms with Crippen molar-refractivity contribution in [3.63, 3.8) is 0 Å². The average molecular weight is 303 g/mol. The summed E-state index contributed by atoms with van der Waals surface area (Å²) in [5, 5.41) is 0. The van der Waals surface area contributed by atoms with Crippen LogP contribution in [0.2, 0.25) is 0 Å². The maximum Gasteiger partial charge on any atom is 0.329 e. The summed E-state index contributed by atoms with van der Waals surface area (Å²) in [5.74, 6) is -0.293. The van der Waals surface area contributed by atoms with E-state index in [1.165, 1.54) is 23.0 Å². The van der Waals surface area contributed by atoms with E-state index in [2.05, 4.69) is 4.98 Å². The van der Waals surface area contributed by atoms with Gasteiger partial charge in [0.25, 0.3) is 0 Å². The number of hydrogen-bond donors (Lipinski definition) is 0. The zero-order valence-corrected chi connectivity index (χ0v) is 12.4. The summed E-state index contributed by atoms with van der Waals surface area (Å²) in [5.41, 5.74) is 1.43. The summed E-state index contributed by atoms with van der Waals surface area (Å²) in [6, 6.07) is 6.13. The molecule has 1 aromatic carbocycles. The van der Waals surface area contributed by atoms with Gasteiger partial charge in [0.2, 0.25) is 0 Å². The van der Waals surface area contributed by atoms with E-state index in [1.807, 2.05) is 0 Å². The normalized spacial score (nSPS) is 15.7. The summed E-state index contributed by atoms with van der Waals surface area (Å²) in [4.78, 5) is 18.5. The standard InChI is InChI=1S/C16H18FN3O2/c1-19(14-6-8-22-9-7-14)16(21)20-10-15(18-11-20)12-2-4-13(17)5-3-12/h2-5,10-11,14H,6-9H2,1H3. The van der Waals surface area contributed by atoms with Crippen molar-refractivity contribution in [3.8, 4) is 11.3 Å². The monoisotopic (exact) mass is 303 g/mol. The molecule has 2 heterocycles. The number of nitrogens with zero attached hydrogens (tertiary/aromatic N) is 3. The van der Waals surface area contributed by atoms with Crippen molar-refractivity contribution >= 4 is 6.03 Å². The lowest BCUT2D eigenvalue weighted by atomic mass is 10.1. The lowest BCUT2D eigenvalue weighted by Crippen LogP contribution is -2.42. The molecule has 6 heteroatoms. The number of benzene rings is 1. The van der Waals surface area contributed by atoms with Gasteiger partial charge in [-0.3, -0.25) is 4.57 Å². The average Bonchev–Trinajstić information content (AvgIpc) is 3.05. The third-order valence-corrected chi connectivity index (χ3v) is 3.98. The fraction of sp³-hybridized carbons (Fsp3) is 0.375. The molecule has 1 amide bonds. The Morgan fingerprint density at radius 2 is 2.00 bits per heavy atom. The molecule has 0 N–H and O–H groups in total. The molecule has 1 aliphatic heterocycles. The first-order chi connectivity index (χ1) is 10.6. The third kappa shape index (κ3) is 3.01. The third-order valence-electron chi connectivity index (χ3n) is 3.98. The van der Waals surface area contributed by atoms with E-state index in [9.17, 15) is 9.18 Å². The Morgan fingerprint density at radius 1 is 1.32 bits per heavy atom. The molecule has 116 valence electrons. The van der Waals surface area contributed by atoms with Gasteiger partial charge in [-0.05, 0) is 37.1 Å². The Kier molecular flexibility index (Phi) is 4.20. The van der Waals surface area contributed by atoms with E-state index in [1.54, 1.807) is 30.3 Å². The van der Waals surface area contributed by atoms with E-state index in [0.717, 1.165) is 18.4 Å². The summed E-state index contributed by atoms with van der Waals surface area (Å²) in [7, 11) is 1.80. The molecule has 22 heavy (non-hydrogen) atoms. The molecular formula is C16H18FN3O2. The molecule has 5 nitrogen and oxygen atoms in total. The second-order valence-electron chi connectivity index (χ2n) is 5.41. The van der Waals surface area contributed by atoms with Gasteiger partial charge in [-0.2, -0.15) is 0 Å². The minimum atomic E-state index is -0.293. The van der Waals surface area contributed by atoms with Crippen molar-refractivity contribution in [2.24, 2.45) is 0 Å². The molecular weight excluding hydrogens is 285 g/mol. The number of halogens is 1. The van der Waals surface area contributed by atoms with Gasteiger partial charge in [0.1, 0.15) is 12.1 Å². The molecule has 0 aliphatic carbocycles. The predicted molar refractivity (Wildman–Crippen MR) is 80.0 cm³/mol. The molecule has 0 saturated carbocycles. The van der Waals surface area contributed by atoms with Crippen molar-refractivity contribution < 1.29 is 13.9 Å². The van der Waals surface area contributed by atoms with Crippen LogP contribution in [-0.4, -0.2) is 46.8 Å². The minimum Gasteiger partial charge on any atom is -0.381 e. The van der Waals surface area contributed by atoms with E-state index in [4.69, 9.17) is 4.74 Å². The zero-order chi connectivity index (χ0) is 15.5. The van der Waals surface area contributed by atoms with Gasteiger partial charge >= 0.3 is 6.03 Å². The fourth-order valence-electron chi connectivity index (χ4n) is 2.61. The van der Waals surface area contributed by atoms with Crippen LogP contribution in [-0.2, 0) is 4.74 Å². The second-order valence-corrected chi connectivity index (χ2v) is 5.41. The highest BCUT2D eigenvalue weighted by Crippen LogP contribution is 2.19. The van der Waals surface area contributed by atoms with Crippen LogP contribution in [0.5, 0.6) is 0 Å². The Hall–Kier alpha value is -2.21. The predicted octanol–water partition coefficient (Wildman–Crippen LogP) is 2.77. The Morgan fingerprint density at radius 3 is 2.68 bits per heavy atom. The molecule has 1 aromatic heterocycles. The molecule has 1 aliphatic rings. The van der Waals surface area contributed by atoms with Gasteiger partial charge in [-0.1, -0.05) is 0 Å². The number of amides is 1. The first-order valence-corrected chi connectivity index (χ1v) is 7.30. The maximum absolute atomic E-state index is 13.0. The van der Waals surface area contributed by atoms with Crippen LogP contribution in [0.1, 0.15) is 12.8 Å². The molecule has 0 bridgehead atoms. The zero-order valence-electron chi connectivity index (χ0n) is 12.4. The van der Waals surface area contributed by atoms with Crippen LogP contribution in [0.15, 0.2) is 36.8 Å². The Bertz CT molecular complexity index is 648. The fourth-order valence-corrected chi connectivity index (χ4v) is 2.61. The van der Waals surface area contributed by atoms with Crippen LogP contribution in [0, 0.1) is 5.82 Å². The van der Waals surface area contributed by atoms with Crippen LogP contribution in [0.3, 0.4) is 0 Å². The Labute approximate surface area is 128 Å². The first-order valence-electron chi connectivity index (χ1n) is 7.30. The van der Waals surface area contributed by atoms with Gasteiger partial charge in [-0.25, -0.2) is 14.2 Å². The number of imidazole rings is 1. The lowest BCUT2D eigenvalue weighted by Gasteiger charge is -2.30. The molecule has 0 radical (unpaired) electrons. The molecule has 0 atom stereocenters. The van der Waals surface area contributed by atoms with E-state index >= 15 is 0 Å². The lowest BCUT2D eigenvalue weighted by molar-refractivity contribution is 0.0528. The molecule has 1 saturated heterocycles. The molecule has 2 aromatic rings. The van der Waals surface area contributed by atoms with Crippen molar-refractivity contribution in [2.75, 3.05) is 20.3 Å². The number of hydrogen-bond acceptors (Lipinski definition) is 3. The topological polar surface area (TPSA) is 47.4 Å². The van der Waals surface area contributed by atoms with Crippen molar-refractivity contribution in [1.29, 1.82) is 0 Å². The highest BCUT2D eigenvalue weighted by Gasteiger charge is 2.23. The van der Waals surface area contributed by atoms with Crippen LogP contribution < -0.4 is 0 Å². The van der Waals surface area contributed by atoms with Crippen LogP contribution >= 0.6 is 0 Å². The second kappa shape index (κ2) is 6.27. The quantitative estimate of drug-likeness (QED) is 0.857. The number of rotatable bonds is 2. The van der Waals surface area contributed by atoms with E-state index < -0.39 is 0 Å². The number of carbonyl (C=O) groups is 1. The van der Waals surface area contributed by atoms with Crippen molar-refractivity contribution in [2.45, 2.75) is 18.9 Å². The van der Waals surface area contributed by atoms with E-state index in [-0.39, 0.29) is 17.9 Å². The highest BCUT2D eigenvalue weighted by molar-refractivity contribution is 5.78. The van der Waals surface area contributed by atoms with Crippen molar-refractivity contribution in [1.82, 2.24) is 14.5 Å². The van der Waals surface area contributed by atoms with Crippen LogP contribution in [0.4, 0.5) is 9.18 Å². The van der Waals surface area contributed by atoms with Gasteiger partial charge < -0.3 is 9.64 Å². The number of aromatic nitrogens is 2. The minimum absolute atomic E-state index is 0.118. The molecule has 3 rings (SSSR count). The van der Waals surface area contributed by atoms with Gasteiger partial charge in [0.15, 0.2) is 0 Å². The molecule has 0 spiro atoms. The summed E-state index contributed by atoms with van der Waals surface area (Å²) < 4.78 is 19.7. The van der Waals surface area contributed by atoms with Crippen molar-refractivity contribution in [3.05, 3.63) is 42.6 Å². The number of ether oxygens (including phenoxy) is 1. The van der Waals surface area contributed by atoms with E-state index in [0.29, 0.717) is 18.9 Å². The first kappa shape index (κ1) is 14.7. The molecule has 0 unspecified atom stereocenters. The van der Waals surface area contributed by atoms with Gasteiger partial charge in [0.05, 0.1) is 5.69 Å². The molecule has 1 fully saturated rings. The van der Waals surface area contributed by atoms with Gasteiger partial charge in [0, 0.05) is 38.1 Å². The summed E-state index contributed by atoms with van der Waals surface area (Å²) in [6.45, 7) is 1.38.